The standard InChI is InChI=1S/C10H19NO3/c1-9(2)13-7-12-8-14-10(3,4)5-6-11/h9H,5,7-8H2,1-4H3. The van der Waals surface area contributed by atoms with E-state index in [0.717, 1.165) is 0 Å². The molecule has 0 rings (SSSR count). The van der Waals surface area contributed by atoms with Crippen LogP contribution in [0.4, 0.5) is 0 Å². The summed E-state index contributed by atoms with van der Waals surface area (Å²) in [7, 11) is 0. The van der Waals surface area contributed by atoms with Gasteiger partial charge in [0.25, 0.3) is 0 Å². The molecule has 0 heterocycles. The van der Waals surface area contributed by atoms with Crippen molar-refractivity contribution in [2.45, 2.75) is 45.8 Å². The summed E-state index contributed by atoms with van der Waals surface area (Å²) in [6.45, 7) is 7.95. The van der Waals surface area contributed by atoms with Gasteiger partial charge in [0.05, 0.1) is 24.2 Å². The highest BCUT2D eigenvalue weighted by Crippen LogP contribution is 2.12. The summed E-state index contributed by atoms with van der Waals surface area (Å²) >= 11 is 0. The molecule has 0 unspecified atom stereocenters. The van der Waals surface area contributed by atoms with Crippen LogP contribution < -0.4 is 0 Å². The van der Waals surface area contributed by atoms with E-state index in [1.54, 1.807) is 0 Å². The molecule has 0 saturated carbocycles. The summed E-state index contributed by atoms with van der Waals surface area (Å²) < 4.78 is 15.5. The fraction of sp³-hybridized carbons (Fsp3) is 0.900. The van der Waals surface area contributed by atoms with Crippen LogP contribution in [0.25, 0.3) is 0 Å². The molecule has 0 spiro atoms. The van der Waals surface area contributed by atoms with Gasteiger partial charge in [-0.05, 0) is 27.7 Å². The molecule has 0 bridgehead atoms. The van der Waals surface area contributed by atoms with Crippen molar-refractivity contribution in [2.75, 3.05) is 13.6 Å². The minimum atomic E-state index is -0.452. The van der Waals surface area contributed by atoms with Crippen LogP contribution in [0.1, 0.15) is 34.1 Å². The Labute approximate surface area is 85.8 Å². The highest BCUT2D eigenvalue weighted by atomic mass is 16.7. The fourth-order valence-corrected chi connectivity index (χ4v) is 0.661. The largest absolute Gasteiger partial charge is 0.353 e. The zero-order valence-corrected chi connectivity index (χ0v) is 9.37. The maximum Gasteiger partial charge on any atom is 0.150 e. The summed E-state index contributed by atoms with van der Waals surface area (Å²) in [5.74, 6) is 0. The lowest BCUT2D eigenvalue weighted by Gasteiger charge is -2.21. The van der Waals surface area contributed by atoms with Crippen LogP contribution in [-0.2, 0) is 14.2 Å². The molecular formula is C10H19NO3. The van der Waals surface area contributed by atoms with Gasteiger partial charge in [0.15, 0.2) is 0 Å². The predicted octanol–water partition coefficient (Wildman–Crippen LogP) is 2.05. The number of hydrogen-bond donors (Lipinski definition) is 0. The van der Waals surface area contributed by atoms with Crippen molar-refractivity contribution in [3.8, 4) is 6.07 Å². The fourth-order valence-electron chi connectivity index (χ4n) is 0.661. The SMILES string of the molecule is CC(C)OCOCOC(C)(C)CC#N. The lowest BCUT2D eigenvalue weighted by molar-refractivity contribution is -0.178. The molecule has 0 N–H and O–H groups in total. The molecular weight excluding hydrogens is 182 g/mol. The first-order valence-electron chi connectivity index (χ1n) is 4.68. The van der Waals surface area contributed by atoms with Crippen molar-refractivity contribution in [3.63, 3.8) is 0 Å². The zero-order valence-electron chi connectivity index (χ0n) is 9.37. The van der Waals surface area contributed by atoms with Gasteiger partial charge in [0, 0.05) is 0 Å². The third-order valence-electron chi connectivity index (χ3n) is 1.52. The molecule has 0 aliphatic carbocycles. The Morgan fingerprint density at radius 2 is 1.93 bits per heavy atom. The summed E-state index contributed by atoms with van der Waals surface area (Å²) in [6.07, 6.45) is 0.503. The number of nitrogens with zero attached hydrogens (tertiary/aromatic N) is 1. The molecule has 0 aliphatic rings. The molecule has 0 aromatic carbocycles. The molecule has 0 saturated heterocycles. The van der Waals surface area contributed by atoms with E-state index >= 15 is 0 Å². The second kappa shape index (κ2) is 6.77. The average molecular weight is 201 g/mol. The molecule has 4 heteroatoms. The van der Waals surface area contributed by atoms with Crippen molar-refractivity contribution in [1.29, 1.82) is 5.26 Å². The topological polar surface area (TPSA) is 51.5 Å². The Balaban J connectivity index is 3.40. The molecule has 0 amide bonds. The Morgan fingerprint density at radius 1 is 1.29 bits per heavy atom. The van der Waals surface area contributed by atoms with Crippen LogP contribution in [0.2, 0.25) is 0 Å². The van der Waals surface area contributed by atoms with Gasteiger partial charge in [-0.15, -0.1) is 0 Å². The van der Waals surface area contributed by atoms with Gasteiger partial charge in [-0.2, -0.15) is 5.26 Å². The molecule has 0 aromatic rings. The molecule has 82 valence electrons. The molecule has 0 aliphatic heterocycles. The third-order valence-corrected chi connectivity index (χ3v) is 1.52. The lowest BCUT2D eigenvalue weighted by atomic mass is 10.1. The monoisotopic (exact) mass is 201 g/mol. The number of rotatable bonds is 7. The van der Waals surface area contributed by atoms with Crippen LogP contribution in [0.15, 0.2) is 0 Å². The van der Waals surface area contributed by atoms with E-state index in [0.29, 0.717) is 6.42 Å². The second-order valence-corrected chi connectivity index (χ2v) is 3.89. The Hall–Kier alpha value is -0.630. The average Bonchev–Trinajstić information content (AvgIpc) is 2.02. The van der Waals surface area contributed by atoms with Gasteiger partial charge in [0.1, 0.15) is 13.6 Å². The number of ether oxygens (including phenoxy) is 3. The maximum atomic E-state index is 8.48. The first-order chi connectivity index (χ1) is 6.48. The van der Waals surface area contributed by atoms with Crippen LogP contribution in [0, 0.1) is 11.3 Å². The van der Waals surface area contributed by atoms with Gasteiger partial charge in [-0.3, -0.25) is 0 Å². The van der Waals surface area contributed by atoms with E-state index in [9.17, 15) is 0 Å². The van der Waals surface area contributed by atoms with Crippen LogP contribution in [-0.4, -0.2) is 25.3 Å². The van der Waals surface area contributed by atoms with Crippen molar-refractivity contribution >= 4 is 0 Å². The summed E-state index contributed by atoms with van der Waals surface area (Å²) in [4.78, 5) is 0. The Bertz CT molecular complexity index is 184. The van der Waals surface area contributed by atoms with Crippen LogP contribution in [0.3, 0.4) is 0 Å². The highest BCUT2D eigenvalue weighted by Gasteiger charge is 2.17. The van der Waals surface area contributed by atoms with Gasteiger partial charge in [-0.1, -0.05) is 0 Å². The van der Waals surface area contributed by atoms with Crippen molar-refractivity contribution in [1.82, 2.24) is 0 Å². The normalized spacial score (nSPS) is 11.7. The zero-order chi connectivity index (χ0) is 11.0. The van der Waals surface area contributed by atoms with Crippen molar-refractivity contribution < 1.29 is 14.2 Å². The Morgan fingerprint density at radius 3 is 2.43 bits per heavy atom. The molecule has 0 radical (unpaired) electrons. The van der Waals surface area contributed by atoms with Gasteiger partial charge < -0.3 is 14.2 Å². The molecule has 0 aromatic heterocycles. The van der Waals surface area contributed by atoms with Gasteiger partial charge in [0.2, 0.25) is 0 Å². The van der Waals surface area contributed by atoms with E-state index in [2.05, 4.69) is 6.07 Å². The molecule has 4 nitrogen and oxygen atoms in total. The molecule has 0 atom stereocenters. The minimum absolute atomic E-state index is 0.154. The van der Waals surface area contributed by atoms with Crippen molar-refractivity contribution in [2.24, 2.45) is 0 Å². The summed E-state index contributed by atoms with van der Waals surface area (Å²) in [6, 6.07) is 2.06. The highest BCUT2D eigenvalue weighted by molar-refractivity contribution is 4.82. The van der Waals surface area contributed by atoms with Crippen LogP contribution >= 0.6 is 0 Å². The molecule has 14 heavy (non-hydrogen) atoms. The number of nitriles is 1. The lowest BCUT2D eigenvalue weighted by Crippen LogP contribution is -2.25. The minimum Gasteiger partial charge on any atom is -0.353 e. The maximum absolute atomic E-state index is 8.48. The van der Waals surface area contributed by atoms with E-state index in [4.69, 9.17) is 19.5 Å². The quantitative estimate of drug-likeness (QED) is 0.467. The van der Waals surface area contributed by atoms with Crippen molar-refractivity contribution in [3.05, 3.63) is 0 Å². The second-order valence-electron chi connectivity index (χ2n) is 3.89. The van der Waals surface area contributed by atoms with E-state index in [1.807, 2.05) is 27.7 Å². The first-order valence-corrected chi connectivity index (χ1v) is 4.68. The summed E-state index contributed by atoms with van der Waals surface area (Å²) in [5, 5.41) is 8.48. The van der Waals surface area contributed by atoms with E-state index in [1.165, 1.54) is 0 Å². The van der Waals surface area contributed by atoms with Gasteiger partial charge in [-0.25, -0.2) is 0 Å². The predicted molar refractivity (Wildman–Crippen MR) is 52.4 cm³/mol. The first kappa shape index (κ1) is 13.4. The van der Waals surface area contributed by atoms with E-state index in [-0.39, 0.29) is 19.7 Å². The van der Waals surface area contributed by atoms with Crippen LogP contribution in [0.5, 0.6) is 0 Å². The smallest absolute Gasteiger partial charge is 0.150 e. The van der Waals surface area contributed by atoms with Gasteiger partial charge >= 0.3 is 0 Å². The molecule has 0 fully saturated rings. The Kier molecular flexibility index (Phi) is 6.46. The van der Waals surface area contributed by atoms with E-state index < -0.39 is 5.60 Å². The number of hydrogen-bond acceptors (Lipinski definition) is 4. The third kappa shape index (κ3) is 7.99. The summed E-state index contributed by atoms with van der Waals surface area (Å²) in [5.41, 5.74) is -0.452.